The van der Waals surface area contributed by atoms with Crippen LogP contribution in [0.5, 0.6) is 0 Å². The molecule has 4 heteroatoms. The number of nitrogens with zero attached hydrogens (tertiary/aromatic N) is 2. The van der Waals surface area contributed by atoms with Gasteiger partial charge in [-0.25, -0.2) is 0 Å². The lowest BCUT2D eigenvalue weighted by Gasteiger charge is -1.97. The minimum atomic E-state index is 0.418. The van der Waals surface area contributed by atoms with Gasteiger partial charge >= 0.3 is 0 Å². The predicted molar refractivity (Wildman–Crippen MR) is 52.4 cm³/mol. The molecule has 0 aliphatic heterocycles. The summed E-state index contributed by atoms with van der Waals surface area (Å²) in [6, 6.07) is 5.63. The fourth-order valence-electron chi connectivity index (χ4n) is 1.33. The summed E-state index contributed by atoms with van der Waals surface area (Å²) in [6.45, 7) is 2.29. The summed E-state index contributed by atoms with van der Waals surface area (Å²) in [5.41, 5.74) is 8.12. The van der Waals surface area contributed by atoms with E-state index in [1.54, 1.807) is 6.20 Å². The molecule has 0 aromatic carbocycles. The largest absolute Gasteiger partial charge is 0.354 e. The van der Waals surface area contributed by atoms with Crippen LogP contribution >= 0.6 is 0 Å². The SMILES string of the molecule is Cc1noc(-c2ccccn2)c1CN. The van der Waals surface area contributed by atoms with Crippen LogP contribution in [-0.2, 0) is 6.54 Å². The minimum absolute atomic E-state index is 0.418. The highest BCUT2D eigenvalue weighted by Gasteiger charge is 2.13. The third kappa shape index (κ3) is 1.40. The van der Waals surface area contributed by atoms with Crippen molar-refractivity contribution >= 4 is 0 Å². The van der Waals surface area contributed by atoms with Gasteiger partial charge in [0.05, 0.1) is 5.69 Å². The summed E-state index contributed by atoms with van der Waals surface area (Å²) in [4.78, 5) is 4.18. The van der Waals surface area contributed by atoms with E-state index in [-0.39, 0.29) is 0 Å². The van der Waals surface area contributed by atoms with E-state index in [0.29, 0.717) is 12.3 Å². The molecule has 0 saturated carbocycles. The summed E-state index contributed by atoms with van der Waals surface area (Å²) < 4.78 is 5.18. The lowest BCUT2D eigenvalue weighted by molar-refractivity contribution is 0.425. The molecule has 0 bridgehead atoms. The molecule has 2 N–H and O–H groups in total. The highest BCUT2D eigenvalue weighted by Crippen LogP contribution is 2.23. The third-order valence-corrected chi connectivity index (χ3v) is 2.09. The van der Waals surface area contributed by atoms with E-state index in [9.17, 15) is 0 Å². The Labute approximate surface area is 81.7 Å². The smallest absolute Gasteiger partial charge is 0.189 e. The van der Waals surface area contributed by atoms with Crippen LogP contribution in [-0.4, -0.2) is 10.1 Å². The number of rotatable bonds is 2. The molecule has 0 unspecified atom stereocenters. The molecule has 0 fully saturated rings. The molecule has 14 heavy (non-hydrogen) atoms. The normalized spacial score (nSPS) is 10.4. The first-order valence-electron chi connectivity index (χ1n) is 4.39. The fraction of sp³-hybridized carbons (Fsp3) is 0.200. The van der Waals surface area contributed by atoms with Crippen molar-refractivity contribution in [1.29, 1.82) is 0 Å². The molecule has 2 aromatic heterocycles. The topological polar surface area (TPSA) is 64.9 Å². The predicted octanol–water partition coefficient (Wildman–Crippen LogP) is 1.50. The second kappa shape index (κ2) is 3.59. The van der Waals surface area contributed by atoms with Crippen LogP contribution in [0.4, 0.5) is 0 Å². The lowest BCUT2D eigenvalue weighted by atomic mass is 10.1. The van der Waals surface area contributed by atoms with Crippen LogP contribution in [0, 0.1) is 6.92 Å². The molecule has 0 radical (unpaired) electrons. The van der Waals surface area contributed by atoms with Gasteiger partial charge in [-0.2, -0.15) is 0 Å². The molecule has 0 atom stereocenters. The zero-order valence-electron chi connectivity index (χ0n) is 7.90. The number of hydrogen-bond donors (Lipinski definition) is 1. The Morgan fingerprint density at radius 2 is 2.29 bits per heavy atom. The fourth-order valence-corrected chi connectivity index (χ4v) is 1.33. The van der Waals surface area contributed by atoms with Crippen LogP contribution < -0.4 is 5.73 Å². The minimum Gasteiger partial charge on any atom is -0.354 e. The van der Waals surface area contributed by atoms with Crippen molar-refractivity contribution in [1.82, 2.24) is 10.1 Å². The highest BCUT2D eigenvalue weighted by molar-refractivity contribution is 5.57. The molecule has 0 saturated heterocycles. The van der Waals surface area contributed by atoms with Crippen LogP contribution in [0.25, 0.3) is 11.5 Å². The quantitative estimate of drug-likeness (QED) is 0.777. The second-order valence-electron chi connectivity index (χ2n) is 2.99. The van der Waals surface area contributed by atoms with E-state index in [4.69, 9.17) is 10.3 Å². The molecule has 4 nitrogen and oxygen atoms in total. The van der Waals surface area contributed by atoms with E-state index in [2.05, 4.69) is 10.1 Å². The number of aromatic nitrogens is 2. The Balaban J connectivity index is 2.52. The zero-order chi connectivity index (χ0) is 9.97. The third-order valence-electron chi connectivity index (χ3n) is 2.09. The van der Waals surface area contributed by atoms with Crippen molar-refractivity contribution < 1.29 is 4.52 Å². The van der Waals surface area contributed by atoms with Gasteiger partial charge in [-0.05, 0) is 19.1 Å². The maximum Gasteiger partial charge on any atom is 0.189 e. The second-order valence-corrected chi connectivity index (χ2v) is 2.99. The Morgan fingerprint density at radius 3 is 2.93 bits per heavy atom. The first kappa shape index (κ1) is 8.90. The van der Waals surface area contributed by atoms with Crippen LogP contribution in [0.3, 0.4) is 0 Å². The van der Waals surface area contributed by atoms with Gasteiger partial charge in [0.1, 0.15) is 5.69 Å². The van der Waals surface area contributed by atoms with Gasteiger partial charge in [0.2, 0.25) is 0 Å². The number of pyridine rings is 1. The molecule has 0 aliphatic rings. The number of aryl methyl sites for hydroxylation is 1. The zero-order valence-corrected chi connectivity index (χ0v) is 7.90. The maximum absolute atomic E-state index is 5.61. The molecule has 0 spiro atoms. The van der Waals surface area contributed by atoms with E-state index in [1.165, 1.54) is 0 Å². The first-order valence-corrected chi connectivity index (χ1v) is 4.39. The van der Waals surface area contributed by atoms with Crippen molar-refractivity contribution in [3.63, 3.8) is 0 Å². The average molecular weight is 189 g/mol. The van der Waals surface area contributed by atoms with Gasteiger partial charge in [-0.1, -0.05) is 11.2 Å². The van der Waals surface area contributed by atoms with Gasteiger partial charge < -0.3 is 10.3 Å². The van der Waals surface area contributed by atoms with E-state index < -0.39 is 0 Å². The van der Waals surface area contributed by atoms with Gasteiger partial charge in [-0.3, -0.25) is 4.98 Å². The Bertz CT molecular complexity index is 422. The van der Waals surface area contributed by atoms with Gasteiger partial charge in [0.25, 0.3) is 0 Å². The molecule has 0 amide bonds. The lowest BCUT2D eigenvalue weighted by Crippen LogP contribution is -1.98. The summed E-state index contributed by atoms with van der Waals surface area (Å²) in [6.07, 6.45) is 1.72. The van der Waals surface area contributed by atoms with E-state index >= 15 is 0 Å². The van der Waals surface area contributed by atoms with E-state index in [0.717, 1.165) is 17.0 Å². The first-order chi connectivity index (χ1) is 6.83. The van der Waals surface area contributed by atoms with Crippen LogP contribution in [0.2, 0.25) is 0 Å². The van der Waals surface area contributed by atoms with Crippen molar-refractivity contribution in [3.8, 4) is 11.5 Å². The maximum atomic E-state index is 5.61. The average Bonchev–Trinajstić information content (AvgIpc) is 2.61. The monoisotopic (exact) mass is 189 g/mol. The standard InChI is InChI=1S/C10H11N3O/c1-7-8(6-11)10(14-13-7)9-4-2-3-5-12-9/h2-5H,6,11H2,1H3. The molecule has 2 heterocycles. The number of hydrogen-bond acceptors (Lipinski definition) is 4. The molecule has 2 rings (SSSR count). The van der Waals surface area contributed by atoms with Gasteiger partial charge in [0, 0.05) is 18.3 Å². The molecule has 72 valence electrons. The van der Waals surface area contributed by atoms with Gasteiger partial charge in [-0.15, -0.1) is 0 Å². The molecular formula is C10H11N3O. The Kier molecular flexibility index (Phi) is 2.28. The summed E-state index contributed by atoms with van der Waals surface area (Å²) in [5.74, 6) is 0.672. The van der Waals surface area contributed by atoms with E-state index in [1.807, 2.05) is 25.1 Å². The van der Waals surface area contributed by atoms with Crippen molar-refractivity contribution in [3.05, 3.63) is 35.7 Å². The molecule has 0 aliphatic carbocycles. The van der Waals surface area contributed by atoms with Crippen LogP contribution in [0.15, 0.2) is 28.9 Å². The van der Waals surface area contributed by atoms with Crippen molar-refractivity contribution in [2.24, 2.45) is 5.73 Å². The summed E-state index contributed by atoms with van der Waals surface area (Å²) in [5, 5.41) is 3.87. The van der Waals surface area contributed by atoms with Crippen molar-refractivity contribution in [2.45, 2.75) is 13.5 Å². The summed E-state index contributed by atoms with van der Waals surface area (Å²) in [7, 11) is 0. The Morgan fingerprint density at radius 1 is 1.43 bits per heavy atom. The molecular weight excluding hydrogens is 178 g/mol. The number of nitrogens with two attached hydrogens (primary N) is 1. The highest BCUT2D eigenvalue weighted by atomic mass is 16.5. The van der Waals surface area contributed by atoms with Crippen molar-refractivity contribution in [2.75, 3.05) is 0 Å². The summed E-state index contributed by atoms with van der Waals surface area (Å²) >= 11 is 0. The van der Waals surface area contributed by atoms with Crippen LogP contribution in [0.1, 0.15) is 11.3 Å². The molecule has 2 aromatic rings. The van der Waals surface area contributed by atoms with Gasteiger partial charge in [0.15, 0.2) is 5.76 Å². The Hall–Kier alpha value is -1.68.